The van der Waals surface area contributed by atoms with Gasteiger partial charge in [0.25, 0.3) is 0 Å². The average molecular weight is 303 g/mol. The highest BCUT2D eigenvalue weighted by atomic mass is 19.4. The summed E-state index contributed by atoms with van der Waals surface area (Å²) >= 11 is 0. The minimum Gasteiger partial charge on any atom is -0.481 e. The van der Waals surface area contributed by atoms with Gasteiger partial charge in [-0.25, -0.2) is 0 Å². The largest absolute Gasteiger partial charge is 0.573 e. The van der Waals surface area contributed by atoms with E-state index in [2.05, 4.69) is 4.74 Å². The van der Waals surface area contributed by atoms with Gasteiger partial charge in [0.1, 0.15) is 5.75 Å². The van der Waals surface area contributed by atoms with Crippen molar-refractivity contribution in [3.63, 3.8) is 0 Å². The fraction of sp³-hybridized carbons (Fsp3) is 0.500. The molecule has 1 aliphatic rings. The van der Waals surface area contributed by atoms with Crippen LogP contribution in [0.15, 0.2) is 24.3 Å². The van der Waals surface area contributed by atoms with Crippen molar-refractivity contribution in [1.82, 2.24) is 4.90 Å². The first-order valence-electron chi connectivity index (χ1n) is 6.64. The molecule has 116 valence electrons. The van der Waals surface area contributed by atoms with Crippen LogP contribution in [0, 0.1) is 0 Å². The summed E-state index contributed by atoms with van der Waals surface area (Å²) in [6.07, 6.45) is -2.96. The Hall–Kier alpha value is -1.76. The number of halogens is 3. The number of carbonyl (C=O) groups is 1. The number of hydrogen-bond acceptors (Lipinski definition) is 3. The lowest BCUT2D eigenvalue weighted by atomic mass is 10.1. The Morgan fingerprint density at radius 2 is 2.19 bits per heavy atom. The molecule has 1 aliphatic heterocycles. The summed E-state index contributed by atoms with van der Waals surface area (Å²) in [4.78, 5) is 12.8. The topological polar surface area (TPSA) is 49.8 Å². The summed E-state index contributed by atoms with van der Waals surface area (Å²) in [6.45, 7) is 1.18. The predicted octanol–water partition coefficient (Wildman–Crippen LogP) is 3.02. The fourth-order valence-electron chi connectivity index (χ4n) is 2.61. The molecule has 2 rings (SSSR count). The monoisotopic (exact) mass is 303 g/mol. The van der Waals surface area contributed by atoms with Crippen LogP contribution in [0.1, 0.15) is 24.8 Å². The van der Waals surface area contributed by atoms with Crippen molar-refractivity contribution in [2.24, 2.45) is 0 Å². The molecule has 0 bridgehead atoms. The number of ether oxygens (including phenoxy) is 1. The van der Waals surface area contributed by atoms with Gasteiger partial charge < -0.3 is 9.84 Å². The van der Waals surface area contributed by atoms with E-state index in [9.17, 15) is 18.0 Å². The molecule has 1 aromatic carbocycles. The predicted molar refractivity (Wildman–Crippen MR) is 68.8 cm³/mol. The van der Waals surface area contributed by atoms with Gasteiger partial charge in [0, 0.05) is 12.6 Å². The summed E-state index contributed by atoms with van der Waals surface area (Å²) in [7, 11) is 0. The number of benzene rings is 1. The van der Waals surface area contributed by atoms with Crippen LogP contribution in [0.2, 0.25) is 0 Å². The molecular formula is C14H16F3NO3. The molecule has 1 unspecified atom stereocenters. The number of rotatable bonds is 5. The number of carboxylic acids is 1. The second-order valence-corrected chi connectivity index (χ2v) is 5.06. The average Bonchev–Trinajstić information content (AvgIpc) is 2.74. The van der Waals surface area contributed by atoms with E-state index in [1.54, 1.807) is 6.07 Å². The quantitative estimate of drug-likeness (QED) is 0.908. The van der Waals surface area contributed by atoms with Crippen molar-refractivity contribution in [3.05, 3.63) is 29.8 Å². The number of hydrogen-bond donors (Lipinski definition) is 1. The highest BCUT2D eigenvalue weighted by Gasteiger charge is 2.31. The SMILES string of the molecule is O=C(O)CC1CCCN1Cc1cccc(OC(F)(F)F)c1. The van der Waals surface area contributed by atoms with E-state index in [4.69, 9.17) is 5.11 Å². The zero-order valence-corrected chi connectivity index (χ0v) is 11.3. The van der Waals surface area contributed by atoms with Crippen molar-refractivity contribution in [2.45, 2.75) is 38.2 Å². The van der Waals surface area contributed by atoms with Gasteiger partial charge in [-0.1, -0.05) is 12.1 Å². The molecule has 1 heterocycles. The molecular weight excluding hydrogens is 287 g/mol. The van der Waals surface area contributed by atoms with Crippen molar-refractivity contribution < 1.29 is 27.8 Å². The van der Waals surface area contributed by atoms with E-state index in [1.165, 1.54) is 18.2 Å². The standard InChI is InChI=1S/C14H16F3NO3/c15-14(16,17)21-12-5-1-3-10(7-12)9-18-6-2-4-11(18)8-13(19)20/h1,3,5,7,11H,2,4,6,8-9H2,(H,19,20). The van der Waals surface area contributed by atoms with Crippen LogP contribution in [0.25, 0.3) is 0 Å². The molecule has 0 radical (unpaired) electrons. The van der Waals surface area contributed by atoms with Gasteiger partial charge in [0.05, 0.1) is 6.42 Å². The zero-order valence-electron chi connectivity index (χ0n) is 11.3. The van der Waals surface area contributed by atoms with Gasteiger partial charge in [-0.3, -0.25) is 9.69 Å². The van der Waals surface area contributed by atoms with E-state index in [0.29, 0.717) is 12.1 Å². The summed E-state index contributed by atoms with van der Waals surface area (Å²) < 4.78 is 40.4. The lowest BCUT2D eigenvalue weighted by Crippen LogP contribution is -2.30. The second kappa shape index (κ2) is 6.34. The number of nitrogens with zero attached hydrogens (tertiary/aromatic N) is 1. The van der Waals surface area contributed by atoms with Crippen LogP contribution in [-0.2, 0) is 11.3 Å². The number of alkyl halides is 3. The summed E-state index contributed by atoms with van der Waals surface area (Å²) in [5, 5.41) is 8.86. The first-order valence-corrected chi connectivity index (χ1v) is 6.64. The third-order valence-corrected chi connectivity index (χ3v) is 3.43. The molecule has 1 atom stereocenters. The van der Waals surface area contributed by atoms with Gasteiger partial charge in [-0.05, 0) is 37.1 Å². The molecule has 0 saturated carbocycles. The van der Waals surface area contributed by atoms with Crippen LogP contribution >= 0.6 is 0 Å². The summed E-state index contributed by atoms with van der Waals surface area (Å²) in [6, 6.07) is 5.73. The van der Waals surface area contributed by atoms with Gasteiger partial charge in [-0.15, -0.1) is 13.2 Å². The maximum absolute atomic E-state index is 12.2. The lowest BCUT2D eigenvalue weighted by molar-refractivity contribution is -0.274. The van der Waals surface area contributed by atoms with E-state index in [-0.39, 0.29) is 18.2 Å². The van der Waals surface area contributed by atoms with Crippen LogP contribution in [0.5, 0.6) is 5.75 Å². The molecule has 1 saturated heterocycles. The molecule has 0 spiro atoms. The van der Waals surface area contributed by atoms with Gasteiger partial charge >= 0.3 is 12.3 Å². The van der Waals surface area contributed by atoms with Crippen LogP contribution in [-0.4, -0.2) is 34.9 Å². The zero-order chi connectivity index (χ0) is 15.5. The lowest BCUT2D eigenvalue weighted by Gasteiger charge is -2.23. The maximum atomic E-state index is 12.2. The van der Waals surface area contributed by atoms with Gasteiger partial charge in [0.15, 0.2) is 0 Å². The third-order valence-electron chi connectivity index (χ3n) is 3.43. The van der Waals surface area contributed by atoms with Crippen molar-refractivity contribution in [1.29, 1.82) is 0 Å². The molecule has 1 aromatic rings. The minimum atomic E-state index is -4.71. The molecule has 1 fully saturated rings. The second-order valence-electron chi connectivity index (χ2n) is 5.06. The Labute approximate surface area is 120 Å². The normalized spacial score (nSPS) is 19.7. The minimum absolute atomic E-state index is 0.0543. The molecule has 0 aromatic heterocycles. The van der Waals surface area contributed by atoms with Gasteiger partial charge in [-0.2, -0.15) is 0 Å². The maximum Gasteiger partial charge on any atom is 0.573 e. The molecule has 21 heavy (non-hydrogen) atoms. The third kappa shape index (κ3) is 4.93. The Morgan fingerprint density at radius 3 is 2.86 bits per heavy atom. The Kier molecular flexibility index (Phi) is 4.72. The van der Waals surface area contributed by atoms with Crippen molar-refractivity contribution in [2.75, 3.05) is 6.54 Å². The number of likely N-dealkylation sites (tertiary alicyclic amines) is 1. The molecule has 4 nitrogen and oxygen atoms in total. The van der Waals surface area contributed by atoms with E-state index in [0.717, 1.165) is 19.4 Å². The van der Waals surface area contributed by atoms with Crippen molar-refractivity contribution >= 4 is 5.97 Å². The number of carboxylic acid groups (broad SMARTS) is 1. The van der Waals surface area contributed by atoms with E-state index in [1.807, 2.05) is 4.90 Å². The van der Waals surface area contributed by atoms with Gasteiger partial charge in [0.2, 0.25) is 0 Å². The Bertz CT molecular complexity index is 504. The molecule has 7 heteroatoms. The smallest absolute Gasteiger partial charge is 0.481 e. The first kappa shape index (κ1) is 15.6. The van der Waals surface area contributed by atoms with Crippen LogP contribution < -0.4 is 4.74 Å². The Balaban J connectivity index is 2.02. The highest BCUT2D eigenvalue weighted by Crippen LogP contribution is 2.26. The van der Waals surface area contributed by atoms with Crippen molar-refractivity contribution in [3.8, 4) is 5.75 Å². The molecule has 0 amide bonds. The Morgan fingerprint density at radius 1 is 1.43 bits per heavy atom. The number of aliphatic carboxylic acids is 1. The van der Waals surface area contributed by atoms with E-state index < -0.39 is 12.3 Å². The van der Waals surface area contributed by atoms with Crippen LogP contribution in [0.4, 0.5) is 13.2 Å². The molecule has 0 aliphatic carbocycles. The highest BCUT2D eigenvalue weighted by molar-refractivity contribution is 5.67. The summed E-state index contributed by atoms with van der Waals surface area (Å²) in [5.74, 6) is -1.12. The van der Waals surface area contributed by atoms with Crippen LogP contribution in [0.3, 0.4) is 0 Å². The summed E-state index contributed by atoms with van der Waals surface area (Å²) in [5.41, 5.74) is 0.675. The van der Waals surface area contributed by atoms with E-state index >= 15 is 0 Å². The first-order chi connectivity index (χ1) is 9.83. The fourth-order valence-corrected chi connectivity index (χ4v) is 2.61. The molecule has 1 N–H and O–H groups in total.